The van der Waals surface area contributed by atoms with Gasteiger partial charge in [0.2, 0.25) is 0 Å². The Morgan fingerprint density at radius 3 is 2.22 bits per heavy atom. The summed E-state index contributed by atoms with van der Waals surface area (Å²) in [6, 6.07) is 0. The van der Waals surface area contributed by atoms with Gasteiger partial charge in [-0.3, -0.25) is 0 Å². The van der Waals surface area contributed by atoms with Crippen LogP contribution in [0, 0.1) is 11.8 Å². The van der Waals surface area contributed by atoms with Crippen molar-refractivity contribution in [1.29, 1.82) is 0 Å². The molecule has 2 heteroatoms. The van der Waals surface area contributed by atoms with Crippen molar-refractivity contribution in [3.05, 3.63) is 0 Å². The van der Waals surface area contributed by atoms with Crippen molar-refractivity contribution in [2.75, 3.05) is 0 Å². The summed E-state index contributed by atoms with van der Waals surface area (Å²) in [7, 11) is 0. The molecule has 0 spiro atoms. The molecule has 0 saturated heterocycles. The van der Waals surface area contributed by atoms with E-state index in [1.807, 2.05) is 0 Å². The number of hydrogen-bond donors (Lipinski definition) is 1. The normalized spacial score (nSPS) is 56.7. The van der Waals surface area contributed by atoms with Crippen molar-refractivity contribution >= 4 is 11.6 Å². The average molecular weight is 147 g/mol. The molecule has 1 nitrogen and oxygen atoms in total. The zero-order valence-corrected chi connectivity index (χ0v) is 6.01. The summed E-state index contributed by atoms with van der Waals surface area (Å²) >= 11 is 5.91. The fourth-order valence-electron chi connectivity index (χ4n) is 2.19. The molecular formula is C7H11ClO. The molecule has 0 unspecified atom stereocenters. The summed E-state index contributed by atoms with van der Waals surface area (Å²) in [5.41, 5.74) is 0. The zero-order chi connectivity index (χ0) is 6.43. The highest BCUT2D eigenvalue weighted by atomic mass is 35.5. The minimum atomic E-state index is -0.189. The van der Waals surface area contributed by atoms with Gasteiger partial charge in [-0.05, 0) is 31.1 Å². The highest BCUT2D eigenvalue weighted by Gasteiger charge is 2.45. The summed E-state index contributed by atoms with van der Waals surface area (Å²) in [6.07, 6.45) is 3.44. The largest absolute Gasteiger partial charge is 0.391 e. The first kappa shape index (κ1) is 5.99. The summed E-state index contributed by atoms with van der Waals surface area (Å²) in [4.78, 5) is 0. The Morgan fingerprint density at radius 1 is 1.22 bits per heavy atom. The lowest BCUT2D eigenvalue weighted by atomic mass is 9.97. The predicted octanol–water partition coefficient (Wildman–Crippen LogP) is 1.38. The van der Waals surface area contributed by atoms with Gasteiger partial charge in [-0.25, -0.2) is 0 Å². The van der Waals surface area contributed by atoms with Crippen LogP contribution in [0.25, 0.3) is 0 Å². The van der Waals surface area contributed by atoms with Crippen LogP contribution in [0.5, 0.6) is 0 Å². The third kappa shape index (κ3) is 0.714. The number of hydrogen-bond acceptors (Lipinski definition) is 1. The molecule has 9 heavy (non-hydrogen) atoms. The number of aliphatic hydroxyl groups excluding tert-OH is 1. The summed E-state index contributed by atoms with van der Waals surface area (Å²) < 4.78 is 0. The molecule has 0 radical (unpaired) electrons. The van der Waals surface area contributed by atoms with Crippen molar-refractivity contribution in [2.45, 2.75) is 30.7 Å². The van der Waals surface area contributed by atoms with Crippen LogP contribution in [-0.2, 0) is 0 Å². The number of aliphatic hydroxyl groups is 1. The number of alkyl halides is 1. The molecule has 2 rings (SSSR count). The molecule has 0 aromatic rings. The zero-order valence-electron chi connectivity index (χ0n) is 5.26. The van der Waals surface area contributed by atoms with Crippen LogP contribution in [0.2, 0.25) is 0 Å². The molecule has 52 valence electrons. The van der Waals surface area contributed by atoms with E-state index in [4.69, 9.17) is 11.6 Å². The van der Waals surface area contributed by atoms with Crippen molar-refractivity contribution in [3.63, 3.8) is 0 Å². The lowest BCUT2D eigenvalue weighted by molar-refractivity contribution is 0.117. The highest BCUT2D eigenvalue weighted by molar-refractivity contribution is 6.21. The van der Waals surface area contributed by atoms with Gasteiger partial charge in [-0.15, -0.1) is 11.6 Å². The third-order valence-electron chi connectivity index (χ3n) is 2.77. The van der Waals surface area contributed by atoms with Gasteiger partial charge in [0, 0.05) is 0 Å². The van der Waals surface area contributed by atoms with Crippen LogP contribution in [0.3, 0.4) is 0 Å². The van der Waals surface area contributed by atoms with Crippen molar-refractivity contribution in [2.24, 2.45) is 11.8 Å². The fourth-order valence-corrected chi connectivity index (χ4v) is 2.63. The second kappa shape index (κ2) is 1.86. The van der Waals surface area contributed by atoms with E-state index in [0.29, 0.717) is 11.8 Å². The Bertz CT molecular complexity index is 108. The molecule has 0 heterocycles. The van der Waals surface area contributed by atoms with Gasteiger partial charge in [-0.1, -0.05) is 0 Å². The van der Waals surface area contributed by atoms with E-state index in [1.54, 1.807) is 0 Å². The Morgan fingerprint density at radius 2 is 1.89 bits per heavy atom. The molecule has 2 aliphatic carbocycles. The molecule has 1 N–H and O–H groups in total. The average Bonchev–Trinajstić information content (AvgIpc) is 2.37. The maximum absolute atomic E-state index is 9.36. The Balaban J connectivity index is 2.15. The topological polar surface area (TPSA) is 20.2 Å². The Kier molecular flexibility index (Phi) is 1.24. The summed E-state index contributed by atoms with van der Waals surface area (Å²) in [6.45, 7) is 0. The van der Waals surface area contributed by atoms with E-state index in [-0.39, 0.29) is 11.5 Å². The van der Waals surface area contributed by atoms with Gasteiger partial charge in [0.25, 0.3) is 0 Å². The van der Waals surface area contributed by atoms with Gasteiger partial charge in [-0.2, -0.15) is 0 Å². The van der Waals surface area contributed by atoms with Crippen LogP contribution in [0.4, 0.5) is 0 Å². The van der Waals surface area contributed by atoms with E-state index >= 15 is 0 Å². The van der Waals surface area contributed by atoms with Crippen molar-refractivity contribution < 1.29 is 5.11 Å². The van der Waals surface area contributed by atoms with E-state index < -0.39 is 0 Å². The van der Waals surface area contributed by atoms with Gasteiger partial charge < -0.3 is 5.11 Å². The maximum Gasteiger partial charge on any atom is 0.0734 e. The summed E-state index contributed by atoms with van der Waals surface area (Å²) in [5.74, 6) is 1.17. The molecule has 0 aliphatic heterocycles. The first-order valence-corrected chi connectivity index (χ1v) is 4.05. The lowest BCUT2D eigenvalue weighted by Crippen LogP contribution is -2.27. The quantitative estimate of drug-likeness (QED) is 0.512. The molecule has 0 amide bonds. The van der Waals surface area contributed by atoms with Crippen LogP contribution in [0.1, 0.15) is 19.3 Å². The molecule has 0 aromatic heterocycles. The van der Waals surface area contributed by atoms with Gasteiger partial charge in [0.1, 0.15) is 0 Å². The van der Waals surface area contributed by atoms with Crippen LogP contribution >= 0.6 is 11.6 Å². The Labute approximate surface area is 60.0 Å². The number of rotatable bonds is 0. The number of fused-ring (bicyclic) bond motifs is 2. The first-order chi connectivity index (χ1) is 4.29. The monoisotopic (exact) mass is 146 g/mol. The lowest BCUT2D eigenvalue weighted by Gasteiger charge is -2.20. The maximum atomic E-state index is 9.36. The van der Waals surface area contributed by atoms with E-state index in [0.717, 1.165) is 0 Å². The van der Waals surface area contributed by atoms with Gasteiger partial charge in [0.15, 0.2) is 0 Å². The van der Waals surface area contributed by atoms with Crippen molar-refractivity contribution in [1.82, 2.24) is 0 Å². The number of halogens is 1. The second-order valence-electron chi connectivity index (χ2n) is 3.27. The van der Waals surface area contributed by atoms with E-state index in [9.17, 15) is 5.11 Å². The van der Waals surface area contributed by atoms with E-state index in [1.165, 1.54) is 19.3 Å². The molecule has 4 atom stereocenters. The van der Waals surface area contributed by atoms with Crippen LogP contribution < -0.4 is 0 Å². The van der Waals surface area contributed by atoms with Gasteiger partial charge >= 0.3 is 0 Å². The smallest absolute Gasteiger partial charge is 0.0734 e. The standard InChI is InChI=1S/C7H11ClO/c8-6-4-1-2-5(3-4)7(6)9/h4-7,9H,1-3H2/t4-,5-,6-,7+/m0/s1. The molecule has 2 fully saturated rings. The molecule has 2 aliphatic rings. The summed E-state index contributed by atoms with van der Waals surface area (Å²) in [5, 5.41) is 9.43. The minimum Gasteiger partial charge on any atom is -0.391 e. The van der Waals surface area contributed by atoms with Gasteiger partial charge in [0.05, 0.1) is 11.5 Å². The SMILES string of the molecule is O[C@@H]1[C@H]2CC[C@@H](C2)[C@@H]1Cl. The van der Waals surface area contributed by atoms with Crippen LogP contribution in [-0.4, -0.2) is 16.6 Å². The van der Waals surface area contributed by atoms with Crippen molar-refractivity contribution in [3.8, 4) is 0 Å². The fraction of sp³-hybridized carbons (Fsp3) is 1.00. The Hall–Kier alpha value is 0.250. The first-order valence-electron chi connectivity index (χ1n) is 3.61. The molecule has 2 bridgehead atoms. The second-order valence-corrected chi connectivity index (χ2v) is 3.77. The molecule has 0 aromatic carbocycles. The predicted molar refractivity (Wildman–Crippen MR) is 36.5 cm³/mol. The highest BCUT2D eigenvalue weighted by Crippen LogP contribution is 2.46. The molecule has 2 saturated carbocycles. The van der Waals surface area contributed by atoms with Crippen LogP contribution in [0.15, 0.2) is 0 Å². The molecular weight excluding hydrogens is 136 g/mol. The van der Waals surface area contributed by atoms with E-state index in [2.05, 4.69) is 0 Å². The third-order valence-corrected chi connectivity index (χ3v) is 3.39. The minimum absolute atomic E-state index is 0.0729.